The fraction of sp³-hybridized carbons (Fsp3) is 0.167. The zero-order chi connectivity index (χ0) is 20.7. The summed E-state index contributed by atoms with van der Waals surface area (Å²) in [5, 5.41) is 18.4. The molecule has 2 aromatic heterocycles. The Labute approximate surface area is 174 Å². The number of aromatic nitrogens is 4. The van der Waals surface area contributed by atoms with E-state index in [1.54, 1.807) is 6.20 Å². The van der Waals surface area contributed by atoms with Gasteiger partial charge in [0.1, 0.15) is 11.6 Å². The summed E-state index contributed by atoms with van der Waals surface area (Å²) >= 11 is 0. The summed E-state index contributed by atoms with van der Waals surface area (Å²) in [6.45, 7) is 8.43. The Kier molecular flexibility index (Phi) is 4.48. The average Bonchev–Trinajstić information content (AvgIpc) is 3.51. The molecule has 6 nitrogen and oxygen atoms in total. The molecular formula is C24H23N5O. The van der Waals surface area contributed by atoms with Crippen molar-refractivity contribution in [1.82, 2.24) is 25.1 Å². The standard InChI is InChI=1S/C24H23N5O/c1-15(18-6-4-17(5-7-18)14-29-9-3-8-26-29)23(30)16(2)24-27-21-10-19-12-25-13-20(19)11-22(21)28-24/h3-11,25,30H,1,12-14H2,2H3,(H,27,28)/b23-16-. The van der Waals surface area contributed by atoms with Crippen molar-refractivity contribution in [1.29, 1.82) is 0 Å². The lowest BCUT2D eigenvalue weighted by Gasteiger charge is -2.09. The summed E-state index contributed by atoms with van der Waals surface area (Å²) in [4.78, 5) is 8.03. The van der Waals surface area contributed by atoms with Crippen LogP contribution in [-0.2, 0) is 19.6 Å². The zero-order valence-corrected chi connectivity index (χ0v) is 16.8. The van der Waals surface area contributed by atoms with Crippen molar-refractivity contribution >= 4 is 22.2 Å². The Hall–Kier alpha value is -3.64. The molecule has 6 heteroatoms. The molecular weight excluding hydrogens is 374 g/mol. The lowest BCUT2D eigenvalue weighted by Crippen LogP contribution is -2.00. The topological polar surface area (TPSA) is 78.8 Å². The van der Waals surface area contributed by atoms with E-state index in [2.05, 4.69) is 34.1 Å². The van der Waals surface area contributed by atoms with Gasteiger partial charge < -0.3 is 15.4 Å². The summed E-state index contributed by atoms with van der Waals surface area (Å²) in [6.07, 6.45) is 3.70. The number of allylic oxidation sites excluding steroid dienone is 2. The molecule has 0 unspecified atom stereocenters. The fourth-order valence-electron chi connectivity index (χ4n) is 3.85. The number of nitrogens with zero attached hydrogens (tertiary/aromatic N) is 3. The summed E-state index contributed by atoms with van der Waals surface area (Å²) < 4.78 is 1.87. The van der Waals surface area contributed by atoms with Crippen LogP contribution in [0.4, 0.5) is 0 Å². The smallest absolute Gasteiger partial charge is 0.137 e. The molecule has 0 amide bonds. The highest BCUT2D eigenvalue weighted by Gasteiger charge is 2.16. The molecule has 30 heavy (non-hydrogen) atoms. The van der Waals surface area contributed by atoms with Crippen LogP contribution >= 0.6 is 0 Å². The number of H-pyrrole nitrogens is 1. The van der Waals surface area contributed by atoms with E-state index in [9.17, 15) is 5.11 Å². The molecule has 0 saturated carbocycles. The molecule has 3 N–H and O–H groups in total. The second-order valence-electron chi connectivity index (χ2n) is 7.68. The van der Waals surface area contributed by atoms with Crippen LogP contribution in [0.25, 0.3) is 22.2 Å². The second kappa shape index (κ2) is 7.31. The van der Waals surface area contributed by atoms with Gasteiger partial charge in [0.15, 0.2) is 0 Å². The number of aliphatic hydroxyl groups excluding tert-OH is 1. The number of benzene rings is 2. The van der Waals surface area contributed by atoms with Crippen LogP contribution < -0.4 is 5.32 Å². The number of fused-ring (bicyclic) bond motifs is 2. The highest BCUT2D eigenvalue weighted by molar-refractivity contribution is 5.87. The van der Waals surface area contributed by atoms with Gasteiger partial charge in [-0.05, 0) is 47.4 Å². The van der Waals surface area contributed by atoms with E-state index in [4.69, 9.17) is 4.98 Å². The van der Waals surface area contributed by atoms with Gasteiger partial charge in [0, 0.05) is 36.6 Å². The van der Waals surface area contributed by atoms with Gasteiger partial charge in [-0.2, -0.15) is 5.10 Å². The fourth-order valence-corrected chi connectivity index (χ4v) is 3.85. The van der Waals surface area contributed by atoms with Gasteiger partial charge in [0.25, 0.3) is 0 Å². The first-order chi connectivity index (χ1) is 14.6. The second-order valence-corrected chi connectivity index (χ2v) is 7.68. The summed E-state index contributed by atoms with van der Waals surface area (Å²) in [5.41, 5.74) is 7.73. The monoisotopic (exact) mass is 397 g/mol. The summed E-state index contributed by atoms with van der Waals surface area (Å²) in [5.74, 6) is 0.804. The van der Waals surface area contributed by atoms with E-state index in [-0.39, 0.29) is 5.76 Å². The zero-order valence-electron chi connectivity index (χ0n) is 16.8. The first-order valence-corrected chi connectivity index (χ1v) is 9.97. The largest absolute Gasteiger partial charge is 0.507 e. The predicted octanol–water partition coefficient (Wildman–Crippen LogP) is 4.41. The highest BCUT2D eigenvalue weighted by Crippen LogP contribution is 2.28. The highest BCUT2D eigenvalue weighted by atomic mass is 16.3. The van der Waals surface area contributed by atoms with Crippen LogP contribution in [0.5, 0.6) is 0 Å². The van der Waals surface area contributed by atoms with E-state index >= 15 is 0 Å². The number of aliphatic hydroxyl groups is 1. The lowest BCUT2D eigenvalue weighted by molar-refractivity contribution is 0.440. The summed E-state index contributed by atoms with van der Waals surface area (Å²) in [7, 11) is 0. The van der Waals surface area contributed by atoms with Gasteiger partial charge in [0.05, 0.1) is 17.6 Å². The molecule has 0 spiro atoms. The predicted molar refractivity (Wildman–Crippen MR) is 119 cm³/mol. The van der Waals surface area contributed by atoms with Crippen molar-refractivity contribution < 1.29 is 5.11 Å². The molecule has 150 valence electrons. The molecule has 3 heterocycles. The first-order valence-electron chi connectivity index (χ1n) is 9.97. The van der Waals surface area contributed by atoms with Crippen LogP contribution in [0.2, 0.25) is 0 Å². The van der Waals surface area contributed by atoms with Gasteiger partial charge >= 0.3 is 0 Å². The van der Waals surface area contributed by atoms with Crippen molar-refractivity contribution in [3.05, 3.63) is 95.3 Å². The van der Waals surface area contributed by atoms with Crippen molar-refractivity contribution in [2.45, 2.75) is 26.6 Å². The normalized spacial score (nSPS) is 14.0. The molecule has 0 atom stereocenters. The molecule has 0 bridgehead atoms. The molecule has 1 aliphatic rings. The maximum absolute atomic E-state index is 10.9. The van der Waals surface area contributed by atoms with Crippen molar-refractivity contribution in [2.75, 3.05) is 0 Å². The van der Waals surface area contributed by atoms with Crippen molar-refractivity contribution in [3.8, 4) is 0 Å². The van der Waals surface area contributed by atoms with Gasteiger partial charge in [-0.25, -0.2) is 4.98 Å². The Morgan fingerprint density at radius 2 is 1.93 bits per heavy atom. The average molecular weight is 397 g/mol. The lowest BCUT2D eigenvalue weighted by atomic mass is 10.0. The van der Waals surface area contributed by atoms with E-state index in [0.717, 1.165) is 35.2 Å². The molecule has 1 aliphatic heterocycles. The molecule has 0 aliphatic carbocycles. The van der Waals surface area contributed by atoms with Gasteiger partial charge in [-0.3, -0.25) is 4.68 Å². The molecule has 0 saturated heterocycles. The van der Waals surface area contributed by atoms with Crippen LogP contribution in [0.15, 0.2) is 67.2 Å². The molecule has 0 fully saturated rings. The van der Waals surface area contributed by atoms with Crippen LogP contribution in [0, 0.1) is 0 Å². The number of aromatic amines is 1. The SMILES string of the molecule is C=C(/C(O)=C(\C)c1nc2cc3c(cc2[nH]1)CNC3)c1ccc(Cn2cccn2)cc1. The number of hydrogen-bond donors (Lipinski definition) is 3. The summed E-state index contributed by atoms with van der Waals surface area (Å²) in [6, 6.07) is 14.2. The maximum Gasteiger partial charge on any atom is 0.137 e. The number of rotatable bonds is 5. The third-order valence-corrected chi connectivity index (χ3v) is 5.64. The van der Waals surface area contributed by atoms with Gasteiger partial charge in [0.2, 0.25) is 0 Å². The van der Waals surface area contributed by atoms with E-state index in [1.807, 2.05) is 48.1 Å². The van der Waals surface area contributed by atoms with Crippen molar-refractivity contribution in [2.24, 2.45) is 0 Å². The Bertz CT molecular complexity index is 1220. The Balaban J connectivity index is 1.40. The number of nitrogens with one attached hydrogen (secondary N) is 2. The van der Waals surface area contributed by atoms with Crippen LogP contribution in [0.1, 0.15) is 35.0 Å². The first kappa shape index (κ1) is 18.4. The quantitative estimate of drug-likeness (QED) is 0.344. The van der Waals surface area contributed by atoms with E-state index < -0.39 is 0 Å². The minimum Gasteiger partial charge on any atom is -0.507 e. The minimum absolute atomic E-state index is 0.142. The van der Waals surface area contributed by atoms with Gasteiger partial charge in [-0.15, -0.1) is 0 Å². The maximum atomic E-state index is 10.9. The van der Waals surface area contributed by atoms with Gasteiger partial charge in [-0.1, -0.05) is 30.8 Å². The molecule has 4 aromatic rings. The third kappa shape index (κ3) is 3.31. The number of hydrogen-bond acceptors (Lipinski definition) is 4. The van der Waals surface area contributed by atoms with Crippen LogP contribution in [-0.4, -0.2) is 24.9 Å². The molecule has 0 radical (unpaired) electrons. The molecule has 5 rings (SSSR count). The van der Waals surface area contributed by atoms with Crippen molar-refractivity contribution in [3.63, 3.8) is 0 Å². The third-order valence-electron chi connectivity index (χ3n) is 5.64. The number of imidazole rings is 1. The Morgan fingerprint density at radius 1 is 1.17 bits per heavy atom. The minimum atomic E-state index is 0.142. The van der Waals surface area contributed by atoms with E-state index in [1.165, 1.54) is 11.1 Å². The molecule has 2 aromatic carbocycles. The van der Waals surface area contributed by atoms with E-state index in [0.29, 0.717) is 23.5 Å². The Morgan fingerprint density at radius 3 is 2.67 bits per heavy atom. The van der Waals surface area contributed by atoms with Crippen LogP contribution in [0.3, 0.4) is 0 Å².